The van der Waals surface area contributed by atoms with Crippen LogP contribution in [-0.4, -0.2) is 18.8 Å². The molecule has 1 saturated carbocycles. The van der Waals surface area contributed by atoms with Crippen LogP contribution in [0, 0.1) is 5.92 Å². The van der Waals surface area contributed by atoms with Gasteiger partial charge < -0.3 is 9.47 Å². The van der Waals surface area contributed by atoms with Crippen molar-refractivity contribution in [2.24, 2.45) is 5.92 Å². The summed E-state index contributed by atoms with van der Waals surface area (Å²) < 4.78 is 8.99. The molecule has 0 aromatic heterocycles. The topological polar surface area (TPSA) is 35.5 Å². The van der Waals surface area contributed by atoms with Crippen LogP contribution in [0.1, 0.15) is 12.8 Å². The summed E-state index contributed by atoms with van der Waals surface area (Å²) in [5.41, 5.74) is 0. The maximum atomic E-state index is 10.4. The highest BCUT2D eigenvalue weighted by Crippen LogP contribution is 2.28. The summed E-state index contributed by atoms with van der Waals surface area (Å²) >= 11 is 5.10. The molecule has 3 nitrogen and oxygen atoms in total. The Balaban J connectivity index is 1.94. The van der Waals surface area contributed by atoms with E-state index in [1.54, 1.807) is 0 Å². The van der Waals surface area contributed by atoms with E-state index < -0.39 is 6.16 Å². The molecular weight excluding hydrogens is 156 g/mol. The second-order valence-electron chi connectivity index (χ2n) is 2.26. The smallest absolute Gasteiger partial charge is 0.434 e. The van der Waals surface area contributed by atoms with Crippen molar-refractivity contribution in [2.75, 3.05) is 12.7 Å². The molecule has 0 N–H and O–H groups in total. The van der Waals surface area contributed by atoms with E-state index in [2.05, 4.69) is 9.47 Å². The van der Waals surface area contributed by atoms with Gasteiger partial charge in [0.05, 0.1) is 6.61 Å². The van der Waals surface area contributed by atoms with Gasteiger partial charge in [0.1, 0.15) is 0 Å². The molecule has 0 aromatic carbocycles. The summed E-state index contributed by atoms with van der Waals surface area (Å²) in [7, 11) is 0. The van der Waals surface area contributed by atoms with Crippen LogP contribution in [0.5, 0.6) is 0 Å². The van der Waals surface area contributed by atoms with Crippen LogP contribution in [0.15, 0.2) is 0 Å². The molecule has 0 atom stereocenters. The van der Waals surface area contributed by atoms with E-state index in [-0.39, 0.29) is 6.07 Å². The summed E-state index contributed by atoms with van der Waals surface area (Å²) in [4.78, 5) is 10.4. The molecule has 1 fully saturated rings. The van der Waals surface area contributed by atoms with Crippen molar-refractivity contribution in [2.45, 2.75) is 12.8 Å². The Morgan fingerprint density at radius 3 is 2.70 bits per heavy atom. The average Bonchev–Trinajstić information content (AvgIpc) is 2.67. The second-order valence-corrected chi connectivity index (χ2v) is 2.48. The van der Waals surface area contributed by atoms with Gasteiger partial charge in [-0.15, -0.1) is 0 Å². The molecule has 0 aromatic rings. The minimum absolute atomic E-state index is 0.135. The van der Waals surface area contributed by atoms with Gasteiger partial charge in [0.2, 0.25) is 0 Å². The Morgan fingerprint density at radius 1 is 1.50 bits per heavy atom. The first-order valence-electron chi connectivity index (χ1n) is 3.18. The zero-order valence-corrected chi connectivity index (χ0v) is 6.26. The fourth-order valence-corrected chi connectivity index (χ4v) is 0.646. The molecule has 1 rings (SSSR count). The molecule has 0 spiro atoms. The van der Waals surface area contributed by atoms with Gasteiger partial charge in [0.15, 0.2) is 6.07 Å². The first kappa shape index (κ1) is 7.66. The number of ether oxygens (including phenoxy) is 2. The van der Waals surface area contributed by atoms with E-state index in [4.69, 9.17) is 11.6 Å². The van der Waals surface area contributed by atoms with Crippen molar-refractivity contribution >= 4 is 17.8 Å². The summed E-state index contributed by atoms with van der Waals surface area (Å²) in [5, 5.41) is 0. The fraction of sp³-hybridized carbons (Fsp3) is 0.833. The third-order valence-electron chi connectivity index (χ3n) is 1.31. The largest absolute Gasteiger partial charge is 0.509 e. The lowest BCUT2D eigenvalue weighted by Crippen LogP contribution is -2.08. The molecule has 0 unspecified atom stereocenters. The summed E-state index contributed by atoms with van der Waals surface area (Å²) in [6.07, 6.45) is 1.66. The zero-order valence-electron chi connectivity index (χ0n) is 5.51. The number of carbonyl (C=O) groups is 1. The van der Waals surface area contributed by atoms with Gasteiger partial charge in [-0.2, -0.15) is 0 Å². The highest BCUT2D eigenvalue weighted by molar-refractivity contribution is 6.17. The lowest BCUT2D eigenvalue weighted by molar-refractivity contribution is 0.0643. The van der Waals surface area contributed by atoms with Gasteiger partial charge in [-0.3, -0.25) is 0 Å². The minimum Gasteiger partial charge on any atom is -0.434 e. The molecule has 0 saturated heterocycles. The zero-order chi connectivity index (χ0) is 7.40. The van der Waals surface area contributed by atoms with Gasteiger partial charge in [0, 0.05) is 0 Å². The molecular formula is C6H9ClO3. The lowest BCUT2D eigenvalue weighted by Gasteiger charge is -2.00. The summed E-state index contributed by atoms with van der Waals surface area (Å²) in [6.45, 7) is 0.482. The van der Waals surface area contributed by atoms with Crippen LogP contribution in [0.2, 0.25) is 0 Å². The number of rotatable bonds is 3. The van der Waals surface area contributed by atoms with E-state index >= 15 is 0 Å². The monoisotopic (exact) mass is 164 g/mol. The fourth-order valence-electron chi connectivity index (χ4n) is 0.557. The van der Waals surface area contributed by atoms with Crippen molar-refractivity contribution in [3.63, 3.8) is 0 Å². The number of carbonyl (C=O) groups excluding carboxylic acids is 1. The number of hydrogen-bond acceptors (Lipinski definition) is 3. The van der Waals surface area contributed by atoms with Crippen LogP contribution in [0.4, 0.5) is 4.79 Å². The highest BCUT2D eigenvalue weighted by Gasteiger charge is 2.23. The number of hydrogen-bond donors (Lipinski definition) is 0. The van der Waals surface area contributed by atoms with Crippen molar-refractivity contribution in [3.05, 3.63) is 0 Å². The molecule has 10 heavy (non-hydrogen) atoms. The van der Waals surface area contributed by atoms with Gasteiger partial charge in [-0.25, -0.2) is 4.79 Å². The Kier molecular flexibility index (Phi) is 2.81. The Morgan fingerprint density at radius 2 is 2.20 bits per heavy atom. The molecule has 0 bridgehead atoms. The maximum absolute atomic E-state index is 10.4. The summed E-state index contributed by atoms with van der Waals surface area (Å²) in [5.74, 6) is 0.572. The number of halogens is 1. The van der Waals surface area contributed by atoms with Crippen molar-refractivity contribution in [1.82, 2.24) is 0 Å². The van der Waals surface area contributed by atoms with E-state index in [9.17, 15) is 4.79 Å². The van der Waals surface area contributed by atoms with Crippen molar-refractivity contribution < 1.29 is 14.3 Å². The van der Waals surface area contributed by atoms with Crippen LogP contribution in [0.25, 0.3) is 0 Å². The molecule has 0 radical (unpaired) electrons. The van der Waals surface area contributed by atoms with Crippen LogP contribution in [0.3, 0.4) is 0 Å². The van der Waals surface area contributed by atoms with Gasteiger partial charge in [0.25, 0.3) is 0 Å². The summed E-state index contributed by atoms with van der Waals surface area (Å²) in [6, 6.07) is -0.135. The Bertz CT molecular complexity index is 122. The molecule has 0 heterocycles. The maximum Gasteiger partial charge on any atom is 0.509 e. The molecule has 0 aliphatic heterocycles. The highest BCUT2D eigenvalue weighted by atomic mass is 35.5. The minimum atomic E-state index is -0.665. The predicted octanol–water partition coefficient (Wildman–Crippen LogP) is 1.75. The first-order valence-corrected chi connectivity index (χ1v) is 3.72. The third-order valence-corrected chi connectivity index (χ3v) is 1.42. The molecule has 1 aliphatic rings. The first-order chi connectivity index (χ1) is 4.83. The van der Waals surface area contributed by atoms with Crippen molar-refractivity contribution in [1.29, 1.82) is 0 Å². The molecule has 58 valence electrons. The van der Waals surface area contributed by atoms with Gasteiger partial charge in [-0.1, -0.05) is 11.6 Å². The molecule has 4 heteroatoms. The standard InChI is InChI=1S/C6H9ClO3/c7-4-10-6(8)9-3-5-1-2-5/h5H,1-4H2. The van der Waals surface area contributed by atoms with E-state index in [0.717, 1.165) is 12.8 Å². The Labute approximate surface area is 64.3 Å². The third kappa shape index (κ3) is 2.92. The van der Waals surface area contributed by atoms with Crippen molar-refractivity contribution in [3.8, 4) is 0 Å². The second kappa shape index (κ2) is 3.66. The quantitative estimate of drug-likeness (QED) is 0.471. The van der Waals surface area contributed by atoms with E-state index in [1.807, 2.05) is 0 Å². The van der Waals surface area contributed by atoms with E-state index in [0.29, 0.717) is 12.5 Å². The average molecular weight is 165 g/mol. The predicted molar refractivity (Wildman–Crippen MR) is 35.9 cm³/mol. The normalized spacial score (nSPS) is 16.5. The lowest BCUT2D eigenvalue weighted by atomic mass is 10.5. The van der Waals surface area contributed by atoms with Crippen LogP contribution < -0.4 is 0 Å². The number of alkyl halides is 1. The Hall–Kier alpha value is -0.440. The van der Waals surface area contributed by atoms with E-state index in [1.165, 1.54) is 0 Å². The van der Waals surface area contributed by atoms with Gasteiger partial charge in [-0.05, 0) is 18.8 Å². The molecule has 1 aliphatic carbocycles. The SMILES string of the molecule is O=C(OCCl)OCC1CC1. The molecule has 0 amide bonds. The van der Waals surface area contributed by atoms with Crippen LogP contribution >= 0.6 is 11.6 Å². The van der Waals surface area contributed by atoms with Crippen LogP contribution in [-0.2, 0) is 9.47 Å². The van der Waals surface area contributed by atoms with Gasteiger partial charge >= 0.3 is 6.16 Å².